The van der Waals surface area contributed by atoms with Gasteiger partial charge in [0.05, 0.1) is 6.61 Å². The molecule has 5 nitrogen and oxygen atoms in total. The average molecular weight is 342 g/mol. The van der Waals surface area contributed by atoms with Crippen LogP contribution in [0.4, 0.5) is 5.69 Å². The first-order chi connectivity index (χ1) is 12.2. The summed E-state index contributed by atoms with van der Waals surface area (Å²) in [5, 5.41) is 3.57. The molecular weight excluding hydrogens is 312 g/mol. The molecule has 1 atom stereocenters. The van der Waals surface area contributed by atoms with Gasteiger partial charge in [-0.3, -0.25) is 4.99 Å². The minimum absolute atomic E-state index is 0.369. The van der Waals surface area contributed by atoms with Gasteiger partial charge in [0.25, 0.3) is 0 Å². The first-order valence-corrected chi connectivity index (χ1v) is 9.55. The van der Waals surface area contributed by atoms with Crippen LogP contribution in [0.1, 0.15) is 30.4 Å². The lowest BCUT2D eigenvalue weighted by molar-refractivity contribution is 0.156. The van der Waals surface area contributed by atoms with E-state index in [9.17, 15) is 0 Å². The molecule has 1 aromatic carbocycles. The molecule has 0 bridgehead atoms. The van der Waals surface area contributed by atoms with Crippen molar-refractivity contribution in [1.29, 1.82) is 0 Å². The molecule has 1 unspecified atom stereocenters. The smallest absolute Gasteiger partial charge is 0.193 e. The maximum atomic E-state index is 5.64. The van der Waals surface area contributed by atoms with Crippen LogP contribution in [0.5, 0.6) is 0 Å². The van der Waals surface area contributed by atoms with E-state index in [1.165, 1.54) is 42.5 Å². The van der Waals surface area contributed by atoms with Crippen LogP contribution < -0.4 is 10.2 Å². The Balaban J connectivity index is 1.38. The molecule has 0 amide bonds. The van der Waals surface area contributed by atoms with Gasteiger partial charge in [0, 0.05) is 58.0 Å². The largest absolute Gasteiger partial charge is 0.381 e. The molecule has 3 aliphatic heterocycles. The summed E-state index contributed by atoms with van der Waals surface area (Å²) < 4.78 is 5.64. The van der Waals surface area contributed by atoms with Crippen molar-refractivity contribution < 1.29 is 4.74 Å². The van der Waals surface area contributed by atoms with E-state index in [0.717, 1.165) is 45.4 Å². The number of nitrogens with zero attached hydrogens (tertiary/aromatic N) is 3. The zero-order valence-corrected chi connectivity index (χ0v) is 15.6. The van der Waals surface area contributed by atoms with Gasteiger partial charge in [-0.25, -0.2) is 0 Å². The maximum Gasteiger partial charge on any atom is 0.193 e. The number of likely N-dealkylation sites (tertiary alicyclic amines) is 1. The Kier molecular flexibility index (Phi) is 4.59. The number of guanidine groups is 1. The molecule has 1 spiro atoms. The van der Waals surface area contributed by atoms with Crippen molar-refractivity contribution in [1.82, 2.24) is 10.2 Å². The lowest BCUT2D eigenvalue weighted by atomic mass is 9.87. The highest BCUT2D eigenvalue weighted by Crippen LogP contribution is 2.38. The van der Waals surface area contributed by atoms with E-state index >= 15 is 0 Å². The SMILES string of the molecule is CN=C(NCc1ccc2c(c1)CCCN2C)N1CCC2(CCOC2)C1. The van der Waals surface area contributed by atoms with Crippen molar-refractivity contribution in [2.24, 2.45) is 10.4 Å². The molecule has 0 aliphatic carbocycles. The summed E-state index contributed by atoms with van der Waals surface area (Å²) in [4.78, 5) is 9.29. The Morgan fingerprint density at radius 3 is 3.04 bits per heavy atom. The molecule has 2 fully saturated rings. The van der Waals surface area contributed by atoms with Crippen molar-refractivity contribution in [3.63, 3.8) is 0 Å². The van der Waals surface area contributed by atoms with E-state index in [4.69, 9.17) is 4.74 Å². The van der Waals surface area contributed by atoms with Crippen LogP contribution in [0.3, 0.4) is 0 Å². The van der Waals surface area contributed by atoms with Gasteiger partial charge in [0.1, 0.15) is 0 Å². The number of rotatable bonds is 2. The highest BCUT2D eigenvalue weighted by molar-refractivity contribution is 5.80. The molecule has 5 heteroatoms. The summed E-state index contributed by atoms with van der Waals surface area (Å²) in [7, 11) is 4.08. The quantitative estimate of drug-likeness (QED) is 0.661. The second-order valence-electron chi connectivity index (χ2n) is 7.86. The van der Waals surface area contributed by atoms with Crippen molar-refractivity contribution in [2.75, 3.05) is 51.8 Å². The van der Waals surface area contributed by atoms with Crippen molar-refractivity contribution in [3.8, 4) is 0 Å². The fourth-order valence-electron chi connectivity index (χ4n) is 4.55. The fraction of sp³-hybridized carbons (Fsp3) is 0.650. The second-order valence-corrected chi connectivity index (χ2v) is 7.86. The number of nitrogens with one attached hydrogen (secondary N) is 1. The summed E-state index contributed by atoms with van der Waals surface area (Å²) in [6, 6.07) is 6.88. The van der Waals surface area contributed by atoms with Crippen LogP contribution in [0.15, 0.2) is 23.2 Å². The van der Waals surface area contributed by atoms with Crippen molar-refractivity contribution >= 4 is 11.6 Å². The van der Waals surface area contributed by atoms with Gasteiger partial charge in [0.2, 0.25) is 0 Å². The third kappa shape index (κ3) is 3.34. The molecule has 4 rings (SSSR count). The Hall–Kier alpha value is -1.75. The topological polar surface area (TPSA) is 40.1 Å². The normalized spacial score (nSPS) is 26.4. The number of aliphatic imine (C=N–C) groups is 1. The van der Waals surface area contributed by atoms with Gasteiger partial charge in [-0.05, 0) is 42.9 Å². The predicted molar refractivity (Wildman–Crippen MR) is 102 cm³/mol. The first-order valence-electron chi connectivity index (χ1n) is 9.55. The van der Waals surface area contributed by atoms with Crippen LogP contribution in [0.2, 0.25) is 0 Å². The van der Waals surface area contributed by atoms with Gasteiger partial charge in [-0.15, -0.1) is 0 Å². The lowest BCUT2D eigenvalue weighted by Crippen LogP contribution is -2.41. The Bertz CT molecular complexity index is 651. The van der Waals surface area contributed by atoms with E-state index in [0.29, 0.717) is 5.41 Å². The number of aryl methyl sites for hydroxylation is 1. The average Bonchev–Trinajstić information content (AvgIpc) is 3.26. The maximum absolute atomic E-state index is 5.64. The van der Waals surface area contributed by atoms with Crippen molar-refractivity contribution in [2.45, 2.75) is 32.2 Å². The zero-order chi connectivity index (χ0) is 17.3. The molecule has 2 saturated heterocycles. The standard InChI is InChI=1S/C20H30N4O/c1-21-19(24-10-7-20(14-24)8-11-25-15-20)22-13-16-5-6-18-17(12-16)4-3-9-23(18)2/h5-6,12H,3-4,7-11,13-15H2,1-2H3,(H,21,22). The number of anilines is 1. The molecule has 1 aromatic rings. The monoisotopic (exact) mass is 342 g/mol. The second kappa shape index (κ2) is 6.87. The van der Waals surface area contributed by atoms with Gasteiger partial charge >= 0.3 is 0 Å². The lowest BCUT2D eigenvalue weighted by Gasteiger charge is -2.28. The summed E-state index contributed by atoms with van der Waals surface area (Å²) >= 11 is 0. The van der Waals surface area contributed by atoms with Crippen molar-refractivity contribution in [3.05, 3.63) is 29.3 Å². The van der Waals surface area contributed by atoms with E-state index in [-0.39, 0.29) is 0 Å². The van der Waals surface area contributed by atoms with Gasteiger partial charge in [0.15, 0.2) is 5.96 Å². The number of fused-ring (bicyclic) bond motifs is 1. The summed E-state index contributed by atoms with van der Waals surface area (Å²) in [6.45, 7) is 5.99. The highest BCUT2D eigenvalue weighted by atomic mass is 16.5. The fourth-order valence-corrected chi connectivity index (χ4v) is 4.55. The number of benzene rings is 1. The van der Waals surface area contributed by atoms with Gasteiger partial charge in [-0.2, -0.15) is 0 Å². The molecule has 1 N–H and O–H groups in total. The van der Waals surface area contributed by atoms with Crippen LogP contribution >= 0.6 is 0 Å². The Morgan fingerprint density at radius 2 is 2.24 bits per heavy atom. The van der Waals surface area contributed by atoms with E-state index in [2.05, 4.69) is 45.4 Å². The zero-order valence-electron chi connectivity index (χ0n) is 15.6. The molecule has 136 valence electrons. The minimum atomic E-state index is 0.369. The number of hydrogen-bond donors (Lipinski definition) is 1. The van der Waals surface area contributed by atoms with Crippen LogP contribution in [-0.2, 0) is 17.7 Å². The molecule has 3 heterocycles. The van der Waals surface area contributed by atoms with Gasteiger partial charge < -0.3 is 19.9 Å². The molecule has 0 aromatic heterocycles. The first kappa shape index (κ1) is 16.7. The third-order valence-electron chi connectivity index (χ3n) is 6.08. The highest BCUT2D eigenvalue weighted by Gasteiger charge is 2.42. The Morgan fingerprint density at radius 1 is 1.32 bits per heavy atom. The summed E-state index contributed by atoms with van der Waals surface area (Å²) in [5.41, 5.74) is 4.58. The van der Waals surface area contributed by atoms with Crippen LogP contribution in [0.25, 0.3) is 0 Å². The van der Waals surface area contributed by atoms with Crippen LogP contribution in [-0.4, -0.2) is 57.8 Å². The number of hydrogen-bond acceptors (Lipinski definition) is 3. The molecule has 0 radical (unpaired) electrons. The number of ether oxygens (including phenoxy) is 1. The minimum Gasteiger partial charge on any atom is -0.381 e. The molecular formula is C20H30N4O. The molecule has 0 saturated carbocycles. The third-order valence-corrected chi connectivity index (χ3v) is 6.08. The van der Waals surface area contributed by atoms with E-state index in [1.54, 1.807) is 0 Å². The molecule has 25 heavy (non-hydrogen) atoms. The summed E-state index contributed by atoms with van der Waals surface area (Å²) in [5.74, 6) is 1.03. The summed E-state index contributed by atoms with van der Waals surface area (Å²) in [6.07, 6.45) is 4.86. The van der Waals surface area contributed by atoms with E-state index < -0.39 is 0 Å². The Labute approximate surface area is 151 Å². The van der Waals surface area contributed by atoms with Crippen LogP contribution in [0, 0.1) is 5.41 Å². The van der Waals surface area contributed by atoms with E-state index in [1.807, 2.05) is 7.05 Å². The van der Waals surface area contributed by atoms with Gasteiger partial charge in [-0.1, -0.05) is 12.1 Å². The predicted octanol–water partition coefficient (Wildman–Crippen LogP) is 2.26. The molecule has 3 aliphatic rings.